The van der Waals surface area contributed by atoms with Crippen LogP contribution in [-0.2, 0) is 14.6 Å². The van der Waals surface area contributed by atoms with Crippen molar-refractivity contribution >= 4 is 21.8 Å². The highest BCUT2D eigenvalue weighted by atomic mass is 32.2. The highest BCUT2D eigenvalue weighted by Crippen LogP contribution is 2.23. The molecule has 1 amide bonds. The van der Waals surface area contributed by atoms with E-state index in [0.29, 0.717) is 11.3 Å². The summed E-state index contributed by atoms with van der Waals surface area (Å²) < 4.78 is 34.9. The maximum absolute atomic E-state index is 12.2. The number of benzene rings is 2. The lowest BCUT2D eigenvalue weighted by Gasteiger charge is -2.04. The van der Waals surface area contributed by atoms with Gasteiger partial charge in [0.05, 0.1) is 17.8 Å². The molecular formula is C18H17N3O5S. The number of carbonyl (C=O) groups excluding carboxylic acids is 1. The summed E-state index contributed by atoms with van der Waals surface area (Å²) in [7, 11) is -1.99. The summed E-state index contributed by atoms with van der Waals surface area (Å²) >= 11 is 0. The smallest absolute Gasteiger partial charge is 0.322 e. The van der Waals surface area contributed by atoms with Crippen LogP contribution >= 0.6 is 0 Å². The molecule has 140 valence electrons. The summed E-state index contributed by atoms with van der Waals surface area (Å²) in [6.07, 6.45) is -0.228. The zero-order chi connectivity index (χ0) is 19.3. The fourth-order valence-electron chi connectivity index (χ4n) is 2.30. The van der Waals surface area contributed by atoms with Gasteiger partial charge in [-0.3, -0.25) is 10.1 Å². The minimum Gasteiger partial charge on any atom is -0.497 e. The monoisotopic (exact) mass is 387 g/mol. The summed E-state index contributed by atoms with van der Waals surface area (Å²) in [5, 5.41) is 10.0. The molecule has 0 aliphatic heterocycles. The molecule has 2 aromatic carbocycles. The van der Waals surface area contributed by atoms with E-state index in [9.17, 15) is 13.2 Å². The van der Waals surface area contributed by atoms with Gasteiger partial charge in [0.15, 0.2) is 9.84 Å². The third-order valence-electron chi connectivity index (χ3n) is 3.69. The van der Waals surface area contributed by atoms with Crippen molar-refractivity contribution in [3.05, 3.63) is 54.6 Å². The van der Waals surface area contributed by atoms with Crippen LogP contribution < -0.4 is 10.1 Å². The number of hydrogen-bond donors (Lipinski definition) is 1. The Morgan fingerprint density at radius 1 is 1.11 bits per heavy atom. The molecule has 0 aliphatic carbocycles. The molecule has 0 aliphatic rings. The fraction of sp³-hybridized carbons (Fsp3) is 0.167. The second-order valence-corrected chi connectivity index (χ2v) is 7.68. The number of sulfone groups is 1. The number of methoxy groups -OCH3 is 1. The van der Waals surface area contributed by atoms with E-state index in [1.807, 2.05) is 0 Å². The lowest BCUT2D eigenvalue weighted by atomic mass is 10.2. The first kappa shape index (κ1) is 18.6. The SMILES string of the molecule is COc1cccc(-c2nnc(NC(=O)CCS(=O)(=O)c3ccccc3)o2)c1. The molecule has 0 saturated carbocycles. The Hall–Kier alpha value is -3.20. The molecule has 0 saturated heterocycles. The van der Waals surface area contributed by atoms with E-state index in [0.717, 1.165) is 0 Å². The normalized spacial score (nSPS) is 11.1. The van der Waals surface area contributed by atoms with E-state index < -0.39 is 15.7 Å². The van der Waals surface area contributed by atoms with Gasteiger partial charge in [0.25, 0.3) is 0 Å². The standard InChI is InChI=1S/C18H17N3O5S/c1-25-14-7-5-6-13(12-14)17-20-21-18(26-17)19-16(22)10-11-27(23,24)15-8-3-2-4-9-15/h2-9,12H,10-11H2,1H3,(H,19,21,22). The lowest BCUT2D eigenvalue weighted by molar-refractivity contribution is -0.115. The Morgan fingerprint density at radius 2 is 1.89 bits per heavy atom. The number of nitrogens with zero attached hydrogens (tertiary/aromatic N) is 2. The van der Waals surface area contributed by atoms with Crippen molar-refractivity contribution in [2.75, 3.05) is 18.2 Å². The van der Waals surface area contributed by atoms with Gasteiger partial charge in [-0.1, -0.05) is 29.4 Å². The Kier molecular flexibility index (Phi) is 5.51. The minimum atomic E-state index is -3.53. The van der Waals surface area contributed by atoms with Crippen LogP contribution in [0.25, 0.3) is 11.5 Å². The molecule has 0 radical (unpaired) electrons. The molecular weight excluding hydrogens is 370 g/mol. The number of hydrogen-bond acceptors (Lipinski definition) is 7. The highest BCUT2D eigenvalue weighted by molar-refractivity contribution is 7.91. The van der Waals surface area contributed by atoms with Crippen molar-refractivity contribution in [3.8, 4) is 17.2 Å². The number of aromatic nitrogens is 2. The second-order valence-electron chi connectivity index (χ2n) is 5.57. The largest absolute Gasteiger partial charge is 0.497 e. The van der Waals surface area contributed by atoms with Gasteiger partial charge in [0.2, 0.25) is 11.8 Å². The summed E-state index contributed by atoms with van der Waals surface area (Å²) in [6, 6.07) is 14.9. The average Bonchev–Trinajstić information content (AvgIpc) is 3.16. The fourth-order valence-corrected chi connectivity index (χ4v) is 3.56. The van der Waals surface area contributed by atoms with Crippen LogP contribution in [0, 0.1) is 0 Å². The average molecular weight is 387 g/mol. The number of ether oxygens (including phenoxy) is 1. The lowest BCUT2D eigenvalue weighted by Crippen LogP contribution is -2.17. The Bertz CT molecular complexity index is 1030. The van der Waals surface area contributed by atoms with Gasteiger partial charge in [0, 0.05) is 12.0 Å². The maximum Gasteiger partial charge on any atom is 0.322 e. The molecule has 1 heterocycles. The molecule has 3 rings (SSSR count). The zero-order valence-electron chi connectivity index (χ0n) is 14.5. The van der Waals surface area contributed by atoms with Gasteiger partial charge in [-0.05, 0) is 30.3 Å². The van der Waals surface area contributed by atoms with Crippen LogP contribution in [0.3, 0.4) is 0 Å². The van der Waals surface area contributed by atoms with Crippen LogP contribution in [0.4, 0.5) is 6.01 Å². The van der Waals surface area contributed by atoms with E-state index in [1.54, 1.807) is 49.6 Å². The molecule has 0 unspecified atom stereocenters. The molecule has 1 aromatic heterocycles. The molecule has 1 N–H and O–H groups in total. The summed E-state index contributed by atoms with van der Waals surface area (Å²) in [4.78, 5) is 12.2. The maximum atomic E-state index is 12.2. The third-order valence-corrected chi connectivity index (χ3v) is 5.42. The van der Waals surface area contributed by atoms with Crippen LogP contribution in [0.2, 0.25) is 0 Å². The van der Waals surface area contributed by atoms with Crippen LogP contribution in [0.1, 0.15) is 6.42 Å². The Balaban J connectivity index is 1.61. The van der Waals surface area contributed by atoms with Gasteiger partial charge in [-0.2, -0.15) is 0 Å². The quantitative estimate of drug-likeness (QED) is 0.663. The minimum absolute atomic E-state index is 0.102. The number of carbonyl (C=O) groups is 1. The topological polar surface area (TPSA) is 111 Å². The molecule has 3 aromatic rings. The van der Waals surface area contributed by atoms with E-state index in [1.165, 1.54) is 12.1 Å². The van der Waals surface area contributed by atoms with Gasteiger partial charge in [-0.15, -0.1) is 5.10 Å². The van der Waals surface area contributed by atoms with Gasteiger partial charge < -0.3 is 9.15 Å². The molecule has 27 heavy (non-hydrogen) atoms. The van der Waals surface area contributed by atoms with E-state index in [2.05, 4.69) is 15.5 Å². The first-order valence-electron chi connectivity index (χ1n) is 8.03. The van der Waals surface area contributed by atoms with Crippen molar-refractivity contribution < 1.29 is 22.4 Å². The van der Waals surface area contributed by atoms with Crippen LogP contribution in [0.15, 0.2) is 63.9 Å². The second kappa shape index (κ2) is 8.00. The van der Waals surface area contributed by atoms with Crippen LogP contribution in [0.5, 0.6) is 5.75 Å². The van der Waals surface area contributed by atoms with Crippen molar-refractivity contribution in [2.45, 2.75) is 11.3 Å². The van der Waals surface area contributed by atoms with Crippen LogP contribution in [-0.4, -0.2) is 37.4 Å². The number of anilines is 1. The molecule has 0 bridgehead atoms. The Morgan fingerprint density at radius 3 is 2.63 bits per heavy atom. The highest BCUT2D eigenvalue weighted by Gasteiger charge is 2.17. The third kappa shape index (κ3) is 4.70. The van der Waals surface area contributed by atoms with Crippen molar-refractivity contribution in [2.24, 2.45) is 0 Å². The number of rotatable bonds is 7. The van der Waals surface area contributed by atoms with Crippen molar-refractivity contribution in [3.63, 3.8) is 0 Å². The predicted octanol–water partition coefficient (Wildman–Crippen LogP) is 2.55. The van der Waals surface area contributed by atoms with Gasteiger partial charge >= 0.3 is 6.01 Å². The number of amides is 1. The van der Waals surface area contributed by atoms with E-state index in [4.69, 9.17) is 9.15 Å². The zero-order valence-corrected chi connectivity index (χ0v) is 15.3. The summed E-state index contributed by atoms with van der Waals surface area (Å²) in [5.41, 5.74) is 0.633. The van der Waals surface area contributed by atoms with Gasteiger partial charge in [-0.25, -0.2) is 8.42 Å². The Labute approximate surface area is 156 Å². The molecule has 8 nitrogen and oxygen atoms in total. The first-order chi connectivity index (χ1) is 13.0. The van der Waals surface area contributed by atoms with E-state index in [-0.39, 0.29) is 29.0 Å². The molecule has 0 atom stereocenters. The predicted molar refractivity (Wildman–Crippen MR) is 98.0 cm³/mol. The van der Waals surface area contributed by atoms with Crippen molar-refractivity contribution in [1.82, 2.24) is 10.2 Å². The van der Waals surface area contributed by atoms with Crippen molar-refractivity contribution in [1.29, 1.82) is 0 Å². The summed E-state index contributed by atoms with van der Waals surface area (Å²) in [6.45, 7) is 0. The molecule has 0 spiro atoms. The number of nitrogens with one attached hydrogen (secondary N) is 1. The van der Waals surface area contributed by atoms with E-state index >= 15 is 0 Å². The summed E-state index contributed by atoms with van der Waals surface area (Å²) in [5.74, 6) is -0.0152. The first-order valence-corrected chi connectivity index (χ1v) is 9.69. The molecule has 0 fully saturated rings. The van der Waals surface area contributed by atoms with Gasteiger partial charge in [0.1, 0.15) is 5.75 Å². The molecule has 9 heteroatoms.